The van der Waals surface area contributed by atoms with Crippen molar-refractivity contribution in [1.29, 1.82) is 0 Å². The maximum atomic E-state index is 5.39. The van der Waals surface area contributed by atoms with Crippen molar-refractivity contribution in [2.24, 2.45) is 0 Å². The molecule has 1 aliphatic carbocycles. The van der Waals surface area contributed by atoms with Crippen LogP contribution >= 0.6 is 11.8 Å². The van der Waals surface area contributed by atoms with Crippen LogP contribution in [-0.4, -0.2) is 32.0 Å². The van der Waals surface area contributed by atoms with Crippen molar-refractivity contribution in [3.05, 3.63) is 36.0 Å². The minimum Gasteiger partial charge on any atom is -0.496 e. The smallest absolute Gasteiger partial charge is 0.237 e. The van der Waals surface area contributed by atoms with E-state index in [0.29, 0.717) is 23.4 Å². The number of ether oxygens (including phenoxy) is 1. The van der Waals surface area contributed by atoms with Gasteiger partial charge in [-0.2, -0.15) is 4.98 Å². The Morgan fingerprint density at radius 1 is 1.28 bits per heavy atom. The van der Waals surface area contributed by atoms with E-state index < -0.39 is 0 Å². The van der Waals surface area contributed by atoms with Gasteiger partial charge >= 0.3 is 0 Å². The van der Waals surface area contributed by atoms with E-state index in [2.05, 4.69) is 31.8 Å². The van der Waals surface area contributed by atoms with E-state index in [-0.39, 0.29) is 0 Å². The summed E-state index contributed by atoms with van der Waals surface area (Å²) in [5.74, 6) is 4.06. The van der Waals surface area contributed by atoms with Crippen molar-refractivity contribution in [2.75, 3.05) is 7.11 Å². The number of rotatable bonds is 7. The molecular weight excluding hydrogens is 338 g/mol. The lowest BCUT2D eigenvalue weighted by atomic mass is 10.2. The SMILES string of the molecule is CCn1c(SCc2nc(-c3ccccc3OC)no2)nnc1C1CC1. The summed E-state index contributed by atoms with van der Waals surface area (Å²) < 4.78 is 12.9. The van der Waals surface area contributed by atoms with Gasteiger partial charge in [0.1, 0.15) is 11.6 Å². The molecule has 0 bridgehead atoms. The zero-order chi connectivity index (χ0) is 17.2. The third-order valence-corrected chi connectivity index (χ3v) is 5.10. The van der Waals surface area contributed by atoms with Crippen LogP contribution in [0.15, 0.2) is 33.9 Å². The number of nitrogens with zero attached hydrogens (tertiary/aromatic N) is 5. The number of thioether (sulfide) groups is 1. The van der Waals surface area contributed by atoms with Crippen LogP contribution in [0.4, 0.5) is 0 Å². The van der Waals surface area contributed by atoms with E-state index in [4.69, 9.17) is 9.26 Å². The van der Waals surface area contributed by atoms with Crippen molar-refractivity contribution >= 4 is 11.8 Å². The van der Waals surface area contributed by atoms with Gasteiger partial charge in [0.2, 0.25) is 11.7 Å². The second kappa shape index (κ2) is 6.87. The summed E-state index contributed by atoms with van der Waals surface area (Å²) in [5, 5.41) is 13.6. The molecule has 0 spiro atoms. The predicted molar refractivity (Wildman–Crippen MR) is 93.5 cm³/mol. The molecule has 2 aromatic heterocycles. The van der Waals surface area contributed by atoms with E-state index in [9.17, 15) is 0 Å². The highest BCUT2D eigenvalue weighted by atomic mass is 32.2. The highest BCUT2D eigenvalue weighted by molar-refractivity contribution is 7.98. The molecule has 7 nitrogen and oxygen atoms in total. The van der Waals surface area contributed by atoms with Gasteiger partial charge in [-0.05, 0) is 31.9 Å². The quantitative estimate of drug-likeness (QED) is 0.599. The lowest BCUT2D eigenvalue weighted by Gasteiger charge is -2.05. The number of aromatic nitrogens is 5. The Morgan fingerprint density at radius 3 is 2.88 bits per heavy atom. The summed E-state index contributed by atoms with van der Waals surface area (Å²) in [6, 6.07) is 7.62. The second-order valence-electron chi connectivity index (χ2n) is 5.86. The van der Waals surface area contributed by atoms with Crippen LogP contribution in [0.3, 0.4) is 0 Å². The van der Waals surface area contributed by atoms with Crippen molar-refractivity contribution in [2.45, 2.75) is 43.1 Å². The molecule has 1 aromatic carbocycles. The molecule has 25 heavy (non-hydrogen) atoms. The monoisotopic (exact) mass is 357 g/mol. The van der Waals surface area contributed by atoms with Crippen molar-refractivity contribution in [1.82, 2.24) is 24.9 Å². The zero-order valence-corrected chi connectivity index (χ0v) is 15.0. The summed E-state index contributed by atoms with van der Waals surface area (Å²) >= 11 is 1.57. The fourth-order valence-corrected chi connectivity index (χ4v) is 3.57. The molecule has 0 amide bonds. The van der Waals surface area contributed by atoms with E-state index >= 15 is 0 Å². The van der Waals surface area contributed by atoms with Crippen LogP contribution < -0.4 is 4.74 Å². The number of hydrogen-bond donors (Lipinski definition) is 0. The molecule has 4 rings (SSSR count). The van der Waals surface area contributed by atoms with Crippen LogP contribution in [0.5, 0.6) is 5.75 Å². The van der Waals surface area contributed by atoms with Crippen molar-refractivity contribution in [3.8, 4) is 17.1 Å². The molecule has 1 fully saturated rings. The standard InChI is InChI=1S/C17H19N5O2S/c1-3-22-16(11-8-9-11)19-20-17(22)25-10-14-18-15(21-24-14)12-6-4-5-7-13(12)23-2/h4-7,11H,3,8-10H2,1-2H3. The van der Waals surface area contributed by atoms with Crippen LogP contribution in [0, 0.1) is 0 Å². The number of hydrogen-bond acceptors (Lipinski definition) is 7. The van der Waals surface area contributed by atoms with E-state index in [1.165, 1.54) is 12.8 Å². The third kappa shape index (κ3) is 3.26. The molecule has 130 valence electrons. The first-order chi connectivity index (χ1) is 12.3. The van der Waals surface area contributed by atoms with Gasteiger partial charge < -0.3 is 13.8 Å². The molecule has 8 heteroatoms. The first-order valence-electron chi connectivity index (χ1n) is 8.32. The maximum Gasteiger partial charge on any atom is 0.237 e. The van der Waals surface area contributed by atoms with Gasteiger partial charge in [0, 0.05) is 12.5 Å². The van der Waals surface area contributed by atoms with Crippen LogP contribution in [0.1, 0.15) is 37.4 Å². The zero-order valence-electron chi connectivity index (χ0n) is 14.2. The summed E-state index contributed by atoms with van der Waals surface area (Å²) in [6.45, 7) is 2.99. The molecule has 0 N–H and O–H groups in total. The Balaban J connectivity index is 1.49. The predicted octanol–water partition coefficient (Wildman–Crippen LogP) is 3.53. The van der Waals surface area contributed by atoms with Gasteiger partial charge in [-0.1, -0.05) is 29.1 Å². The maximum absolute atomic E-state index is 5.39. The molecule has 3 aromatic rings. The van der Waals surface area contributed by atoms with Gasteiger partial charge in [0.25, 0.3) is 0 Å². The number of benzene rings is 1. The minimum absolute atomic E-state index is 0.531. The molecule has 2 heterocycles. The fourth-order valence-electron chi connectivity index (χ4n) is 2.73. The Morgan fingerprint density at radius 2 is 2.12 bits per heavy atom. The summed E-state index contributed by atoms with van der Waals surface area (Å²) in [6.07, 6.45) is 2.43. The summed E-state index contributed by atoms with van der Waals surface area (Å²) in [7, 11) is 1.63. The van der Waals surface area contributed by atoms with Crippen molar-refractivity contribution < 1.29 is 9.26 Å². The highest BCUT2D eigenvalue weighted by Gasteiger charge is 2.30. The summed E-state index contributed by atoms with van der Waals surface area (Å²) in [5.41, 5.74) is 0.817. The molecule has 0 saturated heterocycles. The molecule has 0 aliphatic heterocycles. The lowest BCUT2D eigenvalue weighted by Crippen LogP contribution is -2.02. The van der Waals surface area contributed by atoms with E-state index in [1.807, 2.05) is 24.3 Å². The highest BCUT2D eigenvalue weighted by Crippen LogP contribution is 2.40. The average Bonchev–Trinajstić information content (AvgIpc) is 3.24. The molecule has 0 unspecified atom stereocenters. The number of para-hydroxylation sites is 1. The molecule has 0 atom stereocenters. The van der Waals surface area contributed by atoms with Gasteiger partial charge in [-0.25, -0.2) is 0 Å². The lowest BCUT2D eigenvalue weighted by molar-refractivity contribution is 0.390. The average molecular weight is 357 g/mol. The summed E-state index contributed by atoms with van der Waals surface area (Å²) in [4.78, 5) is 4.48. The van der Waals surface area contributed by atoms with Gasteiger partial charge in [-0.3, -0.25) is 0 Å². The Bertz CT molecular complexity index is 872. The van der Waals surface area contributed by atoms with Crippen LogP contribution in [-0.2, 0) is 12.3 Å². The minimum atomic E-state index is 0.531. The van der Waals surface area contributed by atoms with E-state index in [0.717, 1.165) is 28.8 Å². The molecule has 1 aliphatic rings. The van der Waals surface area contributed by atoms with E-state index in [1.54, 1.807) is 18.9 Å². The van der Waals surface area contributed by atoms with Gasteiger partial charge in [0.05, 0.1) is 18.4 Å². The fraction of sp³-hybridized carbons (Fsp3) is 0.412. The Labute approximate surface area is 149 Å². The first-order valence-corrected chi connectivity index (χ1v) is 9.30. The molecular formula is C17H19N5O2S. The first kappa shape index (κ1) is 16.1. The Kier molecular flexibility index (Phi) is 4.44. The van der Waals surface area contributed by atoms with Crippen molar-refractivity contribution in [3.63, 3.8) is 0 Å². The Hall–Kier alpha value is -2.35. The topological polar surface area (TPSA) is 78.9 Å². The van der Waals surface area contributed by atoms with Gasteiger partial charge in [0.15, 0.2) is 5.16 Å². The van der Waals surface area contributed by atoms with Crippen LogP contribution in [0.2, 0.25) is 0 Å². The number of methoxy groups -OCH3 is 1. The second-order valence-corrected chi connectivity index (χ2v) is 6.80. The third-order valence-electron chi connectivity index (χ3n) is 4.14. The normalized spacial score (nSPS) is 14.0. The van der Waals surface area contributed by atoms with Crippen LogP contribution in [0.25, 0.3) is 11.4 Å². The molecule has 1 saturated carbocycles. The van der Waals surface area contributed by atoms with Gasteiger partial charge in [-0.15, -0.1) is 10.2 Å². The largest absolute Gasteiger partial charge is 0.496 e. The molecule has 0 radical (unpaired) electrons.